The maximum absolute atomic E-state index is 5.70. The van der Waals surface area contributed by atoms with Gasteiger partial charge in [-0.05, 0) is 24.3 Å². The minimum atomic E-state index is 0.441. The van der Waals surface area contributed by atoms with E-state index in [-0.39, 0.29) is 0 Å². The highest BCUT2D eigenvalue weighted by Crippen LogP contribution is 2.25. The predicted octanol–water partition coefficient (Wildman–Crippen LogP) is 2.62. The Balaban J connectivity index is 2.23. The number of nitrogens with two attached hydrogens (primary N) is 1. The molecule has 2 aromatic heterocycles. The smallest absolute Gasteiger partial charge is 0.183 e. The van der Waals surface area contributed by atoms with Gasteiger partial charge in [0.05, 0.1) is 5.69 Å². The largest absolute Gasteiger partial charge is 0.325 e. The van der Waals surface area contributed by atoms with Gasteiger partial charge in [0.25, 0.3) is 0 Å². The zero-order chi connectivity index (χ0) is 12.5. The summed E-state index contributed by atoms with van der Waals surface area (Å²) in [6.07, 6.45) is 0. The minimum absolute atomic E-state index is 0.441. The molecule has 0 aliphatic heterocycles. The van der Waals surface area contributed by atoms with Crippen LogP contribution in [0.5, 0.6) is 0 Å². The van der Waals surface area contributed by atoms with E-state index in [1.165, 1.54) is 0 Å². The summed E-state index contributed by atoms with van der Waals surface area (Å²) in [5.74, 6) is 0.698. The monoisotopic (exact) mass is 302 g/mol. The lowest BCUT2D eigenvalue weighted by molar-refractivity contribution is 0.852. The van der Waals surface area contributed by atoms with Crippen LogP contribution in [0.4, 0.5) is 0 Å². The van der Waals surface area contributed by atoms with E-state index in [1.54, 1.807) is 4.52 Å². The third kappa shape index (κ3) is 1.81. The molecular weight excluding hydrogens is 292 g/mol. The van der Waals surface area contributed by atoms with Crippen LogP contribution in [0, 0.1) is 0 Å². The predicted molar refractivity (Wildman–Crippen MR) is 74.0 cm³/mol. The first-order chi connectivity index (χ1) is 8.79. The van der Waals surface area contributed by atoms with Crippen molar-refractivity contribution in [2.45, 2.75) is 6.54 Å². The van der Waals surface area contributed by atoms with Crippen molar-refractivity contribution in [3.05, 3.63) is 52.6 Å². The highest BCUT2D eigenvalue weighted by Gasteiger charge is 2.10. The maximum Gasteiger partial charge on any atom is 0.183 e. The summed E-state index contributed by atoms with van der Waals surface area (Å²) in [7, 11) is 0. The molecule has 0 saturated heterocycles. The fraction of sp³-hybridized carbons (Fsp3) is 0.0769. The number of pyridine rings is 1. The van der Waals surface area contributed by atoms with E-state index in [9.17, 15) is 0 Å². The van der Waals surface area contributed by atoms with Crippen LogP contribution in [0.3, 0.4) is 0 Å². The fourth-order valence-corrected chi connectivity index (χ4v) is 2.33. The summed E-state index contributed by atoms with van der Waals surface area (Å²) in [6, 6.07) is 13.7. The molecule has 3 aromatic rings. The van der Waals surface area contributed by atoms with Crippen LogP contribution in [-0.2, 0) is 6.54 Å². The van der Waals surface area contributed by atoms with Crippen molar-refractivity contribution in [2.24, 2.45) is 5.73 Å². The van der Waals surface area contributed by atoms with Crippen LogP contribution in [0.25, 0.3) is 17.0 Å². The highest BCUT2D eigenvalue weighted by atomic mass is 79.9. The van der Waals surface area contributed by atoms with Gasteiger partial charge in [0.1, 0.15) is 0 Å². The van der Waals surface area contributed by atoms with Crippen molar-refractivity contribution in [1.82, 2.24) is 14.6 Å². The van der Waals surface area contributed by atoms with Crippen molar-refractivity contribution < 1.29 is 0 Å². The van der Waals surface area contributed by atoms with Crippen molar-refractivity contribution >= 4 is 21.6 Å². The number of nitrogens with zero attached hydrogens (tertiary/aromatic N) is 3. The fourth-order valence-electron chi connectivity index (χ4n) is 1.87. The van der Waals surface area contributed by atoms with Gasteiger partial charge >= 0.3 is 0 Å². The van der Waals surface area contributed by atoms with Gasteiger partial charge in [-0.3, -0.25) is 0 Å². The molecule has 4 nitrogen and oxygen atoms in total. The van der Waals surface area contributed by atoms with Crippen LogP contribution in [0.1, 0.15) is 5.69 Å². The normalized spacial score (nSPS) is 11.0. The molecule has 0 bridgehead atoms. The average Bonchev–Trinajstić information content (AvgIpc) is 2.82. The zero-order valence-electron chi connectivity index (χ0n) is 9.55. The Kier molecular flexibility index (Phi) is 2.85. The molecule has 0 amide bonds. The number of halogens is 1. The molecule has 1 aromatic carbocycles. The molecule has 2 N–H and O–H groups in total. The summed E-state index contributed by atoms with van der Waals surface area (Å²) in [5, 5.41) is 4.51. The summed E-state index contributed by atoms with van der Waals surface area (Å²) >= 11 is 3.51. The molecule has 0 unspecified atom stereocenters. The van der Waals surface area contributed by atoms with E-state index in [0.29, 0.717) is 12.4 Å². The maximum atomic E-state index is 5.70. The quantitative estimate of drug-likeness (QED) is 0.792. The van der Waals surface area contributed by atoms with Crippen LogP contribution in [0.15, 0.2) is 46.9 Å². The Morgan fingerprint density at radius 3 is 2.72 bits per heavy atom. The molecule has 0 spiro atoms. The van der Waals surface area contributed by atoms with Crippen molar-refractivity contribution in [1.29, 1.82) is 0 Å². The van der Waals surface area contributed by atoms with E-state index < -0.39 is 0 Å². The van der Waals surface area contributed by atoms with Crippen LogP contribution >= 0.6 is 15.9 Å². The SMILES string of the molecule is NCc1cccc2nc(-c3ccccc3Br)nn12. The molecule has 0 aliphatic rings. The number of hydrogen-bond acceptors (Lipinski definition) is 3. The van der Waals surface area contributed by atoms with E-state index in [4.69, 9.17) is 5.73 Å². The second-order valence-electron chi connectivity index (χ2n) is 3.91. The Morgan fingerprint density at radius 1 is 1.11 bits per heavy atom. The van der Waals surface area contributed by atoms with E-state index in [1.807, 2.05) is 42.5 Å². The first kappa shape index (κ1) is 11.4. The number of aromatic nitrogens is 3. The number of fused-ring (bicyclic) bond motifs is 1. The molecule has 3 rings (SSSR count). The van der Waals surface area contributed by atoms with Gasteiger partial charge in [0, 0.05) is 16.6 Å². The summed E-state index contributed by atoms with van der Waals surface area (Å²) < 4.78 is 2.77. The highest BCUT2D eigenvalue weighted by molar-refractivity contribution is 9.10. The Morgan fingerprint density at radius 2 is 1.94 bits per heavy atom. The van der Waals surface area contributed by atoms with E-state index in [2.05, 4.69) is 26.0 Å². The number of rotatable bonds is 2. The van der Waals surface area contributed by atoms with Crippen LogP contribution in [0.2, 0.25) is 0 Å². The van der Waals surface area contributed by atoms with E-state index >= 15 is 0 Å². The number of benzene rings is 1. The lowest BCUT2D eigenvalue weighted by atomic mass is 10.2. The molecular formula is C13H11BrN4. The standard InChI is InChI=1S/C13H11BrN4/c14-11-6-2-1-5-10(11)13-16-12-7-3-4-9(8-15)18(12)17-13/h1-7H,8,15H2. The first-order valence-electron chi connectivity index (χ1n) is 5.59. The molecule has 18 heavy (non-hydrogen) atoms. The molecule has 0 aliphatic carbocycles. The summed E-state index contributed by atoms with van der Waals surface area (Å²) in [5.41, 5.74) is 8.42. The topological polar surface area (TPSA) is 56.2 Å². The minimum Gasteiger partial charge on any atom is -0.325 e. The second kappa shape index (κ2) is 4.51. The van der Waals surface area contributed by atoms with Crippen LogP contribution in [-0.4, -0.2) is 14.6 Å². The lowest BCUT2D eigenvalue weighted by Gasteiger charge is -1.99. The van der Waals surface area contributed by atoms with Gasteiger partial charge in [-0.25, -0.2) is 9.50 Å². The average molecular weight is 303 g/mol. The lowest BCUT2D eigenvalue weighted by Crippen LogP contribution is -2.04. The molecule has 5 heteroatoms. The molecule has 0 radical (unpaired) electrons. The molecule has 0 fully saturated rings. The van der Waals surface area contributed by atoms with Gasteiger partial charge in [-0.1, -0.05) is 34.1 Å². The summed E-state index contributed by atoms with van der Waals surface area (Å²) in [6.45, 7) is 0.441. The zero-order valence-corrected chi connectivity index (χ0v) is 11.1. The van der Waals surface area contributed by atoms with Crippen LogP contribution < -0.4 is 5.73 Å². The van der Waals surface area contributed by atoms with Gasteiger partial charge in [0.15, 0.2) is 11.5 Å². The Labute approximate surface area is 113 Å². The molecule has 2 heterocycles. The number of hydrogen-bond donors (Lipinski definition) is 1. The van der Waals surface area contributed by atoms with Crippen molar-refractivity contribution in [2.75, 3.05) is 0 Å². The van der Waals surface area contributed by atoms with Crippen molar-refractivity contribution in [3.8, 4) is 11.4 Å². The molecule has 90 valence electrons. The molecule has 0 saturated carbocycles. The Hall–Kier alpha value is -1.72. The van der Waals surface area contributed by atoms with Gasteiger partial charge in [-0.2, -0.15) is 0 Å². The second-order valence-corrected chi connectivity index (χ2v) is 4.76. The third-order valence-electron chi connectivity index (χ3n) is 2.76. The van der Waals surface area contributed by atoms with Gasteiger partial charge < -0.3 is 5.73 Å². The van der Waals surface area contributed by atoms with Gasteiger partial charge in [-0.15, -0.1) is 5.10 Å². The molecule has 0 atom stereocenters. The first-order valence-corrected chi connectivity index (χ1v) is 6.38. The third-order valence-corrected chi connectivity index (χ3v) is 3.45. The van der Waals surface area contributed by atoms with Crippen molar-refractivity contribution in [3.63, 3.8) is 0 Å². The van der Waals surface area contributed by atoms with E-state index in [0.717, 1.165) is 21.4 Å². The Bertz CT molecular complexity index is 705. The summed E-state index contributed by atoms with van der Waals surface area (Å²) in [4.78, 5) is 4.52. The van der Waals surface area contributed by atoms with Gasteiger partial charge in [0.2, 0.25) is 0 Å².